The van der Waals surface area contributed by atoms with E-state index in [9.17, 15) is 4.79 Å². The molecule has 5 rings (SSSR count). The summed E-state index contributed by atoms with van der Waals surface area (Å²) in [6.07, 6.45) is 6.03. The molecule has 0 radical (unpaired) electrons. The molecule has 1 amide bonds. The van der Waals surface area contributed by atoms with Gasteiger partial charge in [0.1, 0.15) is 13.2 Å². The zero-order valence-electron chi connectivity index (χ0n) is 16.3. The number of amides is 1. The molecule has 29 heavy (non-hydrogen) atoms. The number of aromatic nitrogens is 3. The minimum Gasteiger partial charge on any atom is -0.486 e. The van der Waals surface area contributed by atoms with Gasteiger partial charge in [0.2, 0.25) is 11.9 Å². The number of ether oxygens (including phenoxy) is 2. The number of nitrogens with one attached hydrogen (secondary N) is 1. The predicted octanol–water partition coefficient (Wildman–Crippen LogP) is 3.11. The number of thioether (sulfide) groups is 1. The van der Waals surface area contributed by atoms with Crippen LogP contribution in [-0.2, 0) is 4.79 Å². The lowest BCUT2D eigenvalue weighted by atomic mass is 10.1. The van der Waals surface area contributed by atoms with E-state index in [1.807, 2.05) is 12.1 Å². The molecule has 0 unspecified atom stereocenters. The van der Waals surface area contributed by atoms with E-state index in [0.29, 0.717) is 42.2 Å². The van der Waals surface area contributed by atoms with Crippen LogP contribution in [0.4, 0.5) is 11.6 Å². The highest BCUT2D eigenvalue weighted by Crippen LogP contribution is 2.41. The van der Waals surface area contributed by atoms with E-state index in [0.717, 1.165) is 37.0 Å². The summed E-state index contributed by atoms with van der Waals surface area (Å²) in [7, 11) is 0. The molecule has 3 heterocycles. The van der Waals surface area contributed by atoms with Gasteiger partial charge in [-0.2, -0.15) is 0 Å². The molecule has 2 fully saturated rings. The van der Waals surface area contributed by atoms with Crippen molar-refractivity contribution in [2.45, 2.75) is 43.3 Å². The van der Waals surface area contributed by atoms with Crippen LogP contribution in [0.2, 0.25) is 0 Å². The number of piperidine rings is 1. The van der Waals surface area contributed by atoms with Gasteiger partial charge in [-0.05, 0) is 44.2 Å². The van der Waals surface area contributed by atoms with Crippen LogP contribution in [0.3, 0.4) is 0 Å². The number of fused-ring (bicyclic) bond motifs is 1. The molecule has 0 bridgehead atoms. The third kappa shape index (κ3) is 4.14. The van der Waals surface area contributed by atoms with Crippen molar-refractivity contribution in [3.8, 4) is 11.5 Å². The van der Waals surface area contributed by atoms with Gasteiger partial charge >= 0.3 is 0 Å². The molecule has 154 valence electrons. The van der Waals surface area contributed by atoms with Crippen molar-refractivity contribution in [1.82, 2.24) is 14.8 Å². The van der Waals surface area contributed by atoms with Gasteiger partial charge in [0.15, 0.2) is 16.7 Å². The van der Waals surface area contributed by atoms with E-state index in [4.69, 9.17) is 9.47 Å². The Morgan fingerprint density at radius 2 is 1.90 bits per heavy atom. The van der Waals surface area contributed by atoms with Gasteiger partial charge in [0, 0.05) is 30.9 Å². The Hall–Kier alpha value is -2.42. The highest BCUT2D eigenvalue weighted by molar-refractivity contribution is 7.99. The van der Waals surface area contributed by atoms with Crippen LogP contribution in [0.15, 0.2) is 23.4 Å². The summed E-state index contributed by atoms with van der Waals surface area (Å²) in [6, 6.07) is 5.94. The third-order valence-electron chi connectivity index (χ3n) is 5.36. The van der Waals surface area contributed by atoms with Crippen molar-refractivity contribution in [3.63, 3.8) is 0 Å². The Kier molecular flexibility index (Phi) is 5.22. The van der Waals surface area contributed by atoms with Crippen LogP contribution in [-0.4, -0.2) is 52.7 Å². The molecule has 1 aliphatic carbocycles. The molecule has 0 spiro atoms. The summed E-state index contributed by atoms with van der Waals surface area (Å²) in [5, 5.41) is 12.6. The number of nitrogens with zero attached hydrogens (tertiary/aromatic N) is 4. The molecule has 8 nitrogen and oxygen atoms in total. The van der Waals surface area contributed by atoms with E-state index in [2.05, 4.69) is 25.0 Å². The molecule has 1 N–H and O–H groups in total. The number of hydrogen-bond acceptors (Lipinski definition) is 7. The van der Waals surface area contributed by atoms with Crippen LogP contribution in [0.25, 0.3) is 0 Å². The Labute approximate surface area is 173 Å². The van der Waals surface area contributed by atoms with Gasteiger partial charge in [-0.25, -0.2) is 0 Å². The lowest BCUT2D eigenvalue weighted by Crippen LogP contribution is -2.32. The van der Waals surface area contributed by atoms with Gasteiger partial charge in [-0.15, -0.1) is 10.2 Å². The second-order valence-electron chi connectivity index (χ2n) is 7.63. The first-order valence-electron chi connectivity index (χ1n) is 10.3. The molecule has 2 aliphatic heterocycles. The molecular formula is C20H25N5O3S. The average molecular weight is 416 g/mol. The van der Waals surface area contributed by atoms with E-state index in [1.165, 1.54) is 31.0 Å². The summed E-state index contributed by atoms with van der Waals surface area (Å²) in [6.45, 7) is 3.16. The van der Waals surface area contributed by atoms with Gasteiger partial charge in [-0.1, -0.05) is 11.8 Å². The van der Waals surface area contributed by atoms with E-state index < -0.39 is 0 Å². The normalized spacial score (nSPS) is 18.6. The lowest BCUT2D eigenvalue weighted by molar-refractivity contribution is -0.113. The number of anilines is 2. The third-order valence-corrected chi connectivity index (χ3v) is 6.30. The highest BCUT2D eigenvalue weighted by Gasteiger charge is 2.32. The first-order valence-corrected chi connectivity index (χ1v) is 11.3. The Balaban J connectivity index is 1.23. The van der Waals surface area contributed by atoms with Gasteiger partial charge in [0.05, 0.1) is 5.75 Å². The average Bonchev–Trinajstić information content (AvgIpc) is 3.51. The molecule has 9 heteroatoms. The second-order valence-corrected chi connectivity index (χ2v) is 8.57. The molecule has 0 atom stereocenters. The maximum atomic E-state index is 12.5. The van der Waals surface area contributed by atoms with E-state index in [1.54, 1.807) is 6.07 Å². The molecule has 1 aromatic carbocycles. The molecule has 3 aliphatic rings. The zero-order valence-corrected chi connectivity index (χ0v) is 17.1. The number of rotatable bonds is 6. The van der Waals surface area contributed by atoms with Crippen molar-refractivity contribution < 1.29 is 14.3 Å². The van der Waals surface area contributed by atoms with Crippen molar-refractivity contribution in [1.29, 1.82) is 0 Å². The first-order chi connectivity index (χ1) is 14.3. The first kappa shape index (κ1) is 18.6. The number of carbonyl (C=O) groups is 1. The fraction of sp³-hybridized carbons (Fsp3) is 0.550. The van der Waals surface area contributed by atoms with Crippen molar-refractivity contribution >= 4 is 29.3 Å². The van der Waals surface area contributed by atoms with Crippen LogP contribution in [0.1, 0.15) is 38.1 Å². The fourth-order valence-corrected chi connectivity index (χ4v) is 4.58. The maximum Gasteiger partial charge on any atom is 0.234 e. The summed E-state index contributed by atoms with van der Waals surface area (Å²) in [5.41, 5.74) is 0.706. The number of benzene rings is 1. The lowest BCUT2D eigenvalue weighted by Gasteiger charge is -2.27. The van der Waals surface area contributed by atoms with Gasteiger partial charge in [0.25, 0.3) is 0 Å². The van der Waals surface area contributed by atoms with E-state index in [-0.39, 0.29) is 5.91 Å². The van der Waals surface area contributed by atoms with Crippen LogP contribution in [0, 0.1) is 0 Å². The molecule has 2 aromatic rings. The largest absolute Gasteiger partial charge is 0.486 e. The van der Waals surface area contributed by atoms with E-state index >= 15 is 0 Å². The number of hydrogen-bond donors (Lipinski definition) is 1. The summed E-state index contributed by atoms with van der Waals surface area (Å²) >= 11 is 1.45. The SMILES string of the molecule is O=C(CSc1nnc(N2CCCCC2)n1C1CC1)Nc1ccc2c(c1)OCCO2. The standard InChI is InChI=1S/C20H25N5O3S/c26-18(21-14-4-7-16-17(12-14)28-11-10-27-16)13-29-20-23-22-19(25(20)15-5-6-15)24-8-2-1-3-9-24/h4,7,12,15H,1-3,5-6,8-11,13H2,(H,21,26). The molecule has 1 saturated carbocycles. The summed E-state index contributed by atoms with van der Waals surface area (Å²) in [5.74, 6) is 2.57. The quantitative estimate of drug-likeness (QED) is 0.726. The van der Waals surface area contributed by atoms with Crippen molar-refractivity contribution in [2.24, 2.45) is 0 Å². The van der Waals surface area contributed by atoms with Crippen LogP contribution in [0.5, 0.6) is 11.5 Å². The smallest absolute Gasteiger partial charge is 0.234 e. The van der Waals surface area contributed by atoms with Gasteiger partial charge in [-0.3, -0.25) is 9.36 Å². The summed E-state index contributed by atoms with van der Waals surface area (Å²) < 4.78 is 13.3. The molecule has 1 aromatic heterocycles. The fourth-order valence-electron chi connectivity index (χ4n) is 3.78. The van der Waals surface area contributed by atoms with Crippen LogP contribution < -0.4 is 19.7 Å². The predicted molar refractivity (Wildman–Crippen MR) is 111 cm³/mol. The van der Waals surface area contributed by atoms with Crippen molar-refractivity contribution in [2.75, 3.05) is 42.3 Å². The Bertz CT molecular complexity index is 892. The topological polar surface area (TPSA) is 81.5 Å². The molecular weight excluding hydrogens is 390 g/mol. The summed E-state index contributed by atoms with van der Waals surface area (Å²) in [4.78, 5) is 14.8. The maximum absolute atomic E-state index is 12.5. The molecule has 1 saturated heterocycles. The van der Waals surface area contributed by atoms with Gasteiger partial charge < -0.3 is 19.7 Å². The minimum absolute atomic E-state index is 0.0726. The monoisotopic (exact) mass is 415 g/mol. The second kappa shape index (κ2) is 8.14. The Morgan fingerprint density at radius 1 is 1.10 bits per heavy atom. The van der Waals surface area contributed by atoms with Crippen LogP contribution >= 0.6 is 11.8 Å². The van der Waals surface area contributed by atoms with Crippen molar-refractivity contribution in [3.05, 3.63) is 18.2 Å². The minimum atomic E-state index is -0.0726. The Morgan fingerprint density at radius 3 is 2.69 bits per heavy atom. The highest BCUT2D eigenvalue weighted by atomic mass is 32.2. The number of carbonyl (C=O) groups excluding carboxylic acids is 1. The zero-order chi connectivity index (χ0) is 19.6.